The number of likely N-dealkylation sites (tertiary alicyclic amines) is 1. The lowest BCUT2D eigenvalue weighted by Gasteiger charge is -2.45. The molecule has 4 amide bonds. The van der Waals surface area contributed by atoms with Crippen LogP contribution in [0.3, 0.4) is 0 Å². The minimum absolute atomic E-state index is 0.0782. The van der Waals surface area contributed by atoms with Crippen LogP contribution in [0.2, 0.25) is 5.02 Å². The summed E-state index contributed by atoms with van der Waals surface area (Å²) >= 11 is 6.12. The number of nitrogens with one attached hydrogen (secondary N) is 3. The molecule has 1 spiro atoms. The van der Waals surface area contributed by atoms with E-state index in [-0.39, 0.29) is 40.5 Å². The van der Waals surface area contributed by atoms with Gasteiger partial charge >= 0.3 is 12.2 Å². The van der Waals surface area contributed by atoms with Crippen LogP contribution in [0.15, 0.2) is 40.9 Å². The third-order valence-electron chi connectivity index (χ3n) is 8.51. The van der Waals surface area contributed by atoms with Gasteiger partial charge in [-0.15, -0.1) is 0 Å². The summed E-state index contributed by atoms with van der Waals surface area (Å²) in [5, 5.41) is 7.91. The van der Waals surface area contributed by atoms with Crippen LogP contribution in [0.25, 0.3) is 11.3 Å². The summed E-state index contributed by atoms with van der Waals surface area (Å²) in [5.74, 6) is -1.96. The Hall–Kier alpha value is -4.65. The number of hydrogen-bond donors (Lipinski definition) is 3. The molecule has 0 radical (unpaired) electrons. The first-order valence-corrected chi connectivity index (χ1v) is 15.0. The number of anilines is 3. The van der Waals surface area contributed by atoms with E-state index in [1.165, 1.54) is 25.4 Å². The highest BCUT2D eigenvalue weighted by Crippen LogP contribution is 2.46. The maximum atomic E-state index is 15.4. The van der Waals surface area contributed by atoms with E-state index >= 15 is 4.39 Å². The second kappa shape index (κ2) is 12.0. The van der Waals surface area contributed by atoms with E-state index in [1.807, 2.05) is 0 Å². The summed E-state index contributed by atoms with van der Waals surface area (Å²) in [7, 11) is 1.25. The first kappa shape index (κ1) is 30.4. The minimum Gasteiger partial charge on any atom is -0.453 e. The molecule has 1 saturated heterocycles. The molecule has 3 aromatic rings. The van der Waals surface area contributed by atoms with E-state index in [4.69, 9.17) is 20.8 Å². The molecule has 0 aliphatic carbocycles. The second-order valence-electron chi connectivity index (χ2n) is 11.5. The fourth-order valence-corrected chi connectivity index (χ4v) is 6.39. The number of nitrogens with zero attached hydrogens (tertiary/aromatic N) is 2. The number of carbonyl (C=O) groups is 4. The maximum absolute atomic E-state index is 15.4. The monoisotopic (exact) mass is 639 g/mol. The van der Waals surface area contributed by atoms with Crippen molar-refractivity contribution in [2.45, 2.75) is 50.5 Å². The van der Waals surface area contributed by atoms with Gasteiger partial charge in [-0.05, 0) is 56.0 Å². The molecule has 236 valence electrons. The number of aromatic nitrogens is 1. The molecular weight excluding hydrogens is 609 g/mol. The van der Waals surface area contributed by atoms with Crippen LogP contribution < -0.4 is 16.0 Å². The zero-order valence-corrected chi connectivity index (χ0v) is 25.3. The van der Waals surface area contributed by atoms with E-state index < -0.39 is 35.4 Å². The Morgan fingerprint density at radius 2 is 1.98 bits per heavy atom. The average molecular weight is 640 g/mol. The van der Waals surface area contributed by atoms with Crippen LogP contribution in [-0.2, 0) is 24.7 Å². The van der Waals surface area contributed by atoms with E-state index in [1.54, 1.807) is 30.0 Å². The van der Waals surface area contributed by atoms with Crippen molar-refractivity contribution in [3.8, 4) is 11.3 Å². The summed E-state index contributed by atoms with van der Waals surface area (Å²) in [6.45, 7) is 2.07. The van der Waals surface area contributed by atoms with Gasteiger partial charge in [0, 0.05) is 23.7 Å². The van der Waals surface area contributed by atoms with E-state index in [0.29, 0.717) is 61.3 Å². The van der Waals surface area contributed by atoms with Crippen LogP contribution >= 0.6 is 11.6 Å². The molecule has 0 saturated carbocycles. The largest absolute Gasteiger partial charge is 0.453 e. The molecule has 3 aliphatic rings. The van der Waals surface area contributed by atoms with Crippen molar-refractivity contribution in [2.24, 2.45) is 5.92 Å². The summed E-state index contributed by atoms with van der Waals surface area (Å²) < 4.78 is 32.0. The average Bonchev–Trinajstić information content (AvgIpc) is 3.50. The van der Waals surface area contributed by atoms with Crippen molar-refractivity contribution in [2.75, 3.05) is 36.1 Å². The van der Waals surface area contributed by atoms with Crippen molar-refractivity contribution in [1.82, 2.24) is 9.88 Å². The van der Waals surface area contributed by atoms with Crippen molar-refractivity contribution in [3.63, 3.8) is 0 Å². The lowest BCUT2D eigenvalue weighted by Crippen LogP contribution is -2.54. The highest BCUT2D eigenvalue weighted by atomic mass is 35.5. The van der Waals surface area contributed by atoms with Gasteiger partial charge in [-0.3, -0.25) is 20.2 Å². The van der Waals surface area contributed by atoms with Crippen molar-refractivity contribution < 1.29 is 37.5 Å². The second-order valence-corrected chi connectivity index (χ2v) is 11.9. The van der Waals surface area contributed by atoms with Gasteiger partial charge in [-0.1, -0.05) is 24.9 Å². The Morgan fingerprint density at radius 1 is 1.16 bits per heavy atom. The summed E-state index contributed by atoms with van der Waals surface area (Å²) in [6, 6.07) is 7.76. The molecule has 1 aromatic heterocycles. The molecule has 2 bridgehead atoms. The standard InChI is InChI=1S/C31H31ClFN5O7/c1-16-5-3-6-19(27-34-14-23(44-27)18-8-7-17(35-29(41)43-2)13-22(18)36-26(16)39)28(40)38-12-4-11-31(15-38)24-21(37-30(42)45-31)10-9-20(32)25(24)33/h7-10,13-14,16,19H,3-6,11-12,15H2,1-2H3,(H,35,41)(H,36,39)(H,37,42)/t16-,19?,31+/m1/s1. The number of ether oxygens (including phenoxy) is 2. The van der Waals surface area contributed by atoms with Gasteiger partial charge in [-0.2, -0.15) is 0 Å². The van der Waals surface area contributed by atoms with Crippen molar-refractivity contribution in [3.05, 3.63) is 58.8 Å². The predicted molar refractivity (Wildman–Crippen MR) is 161 cm³/mol. The summed E-state index contributed by atoms with van der Waals surface area (Å²) in [5.41, 5.74) is 0.222. The number of oxazole rings is 1. The van der Waals surface area contributed by atoms with Crippen molar-refractivity contribution >= 4 is 52.7 Å². The zero-order chi connectivity index (χ0) is 31.9. The first-order valence-electron chi connectivity index (χ1n) is 14.6. The third kappa shape index (κ3) is 5.79. The summed E-state index contributed by atoms with van der Waals surface area (Å²) in [4.78, 5) is 57.7. The lowest BCUT2D eigenvalue weighted by molar-refractivity contribution is -0.141. The molecule has 45 heavy (non-hydrogen) atoms. The Balaban J connectivity index is 1.34. The number of hydrogen-bond acceptors (Lipinski definition) is 8. The normalized spacial score (nSPS) is 22.9. The number of carbonyl (C=O) groups excluding carboxylic acids is 4. The fourth-order valence-electron chi connectivity index (χ4n) is 6.23. The van der Waals surface area contributed by atoms with Gasteiger partial charge in [0.2, 0.25) is 17.7 Å². The van der Waals surface area contributed by atoms with E-state index in [0.717, 1.165) is 0 Å². The van der Waals surface area contributed by atoms with Gasteiger partial charge in [-0.25, -0.2) is 19.0 Å². The van der Waals surface area contributed by atoms with Crippen LogP contribution in [0, 0.1) is 11.7 Å². The molecule has 14 heteroatoms. The van der Waals surface area contributed by atoms with E-state index in [2.05, 4.69) is 25.7 Å². The van der Waals surface area contributed by atoms with Crippen LogP contribution in [0.1, 0.15) is 56.4 Å². The number of rotatable bonds is 2. The number of piperidine rings is 1. The Labute approximate surface area is 262 Å². The Bertz CT molecular complexity index is 1700. The zero-order valence-electron chi connectivity index (χ0n) is 24.6. The molecule has 2 aromatic carbocycles. The number of methoxy groups -OCH3 is 1. The Morgan fingerprint density at radius 3 is 2.78 bits per heavy atom. The van der Waals surface area contributed by atoms with Gasteiger partial charge in [0.1, 0.15) is 5.92 Å². The molecule has 1 fully saturated rings. The third-order valence-corrected chi connectivity index (χ3v) is 8.81. The quantitative estimate of drug-likeness (QED) is 0.298. The molecule has 3 aliphatic heterocycles. The van der Waals surface area contributed by atoms with Crippen LogP contribution in [0.5, 0.6) is 0 Å². The van der Waals surface area contributed by atoms with Crippen LogP contribution in [-0.4, -0.2) is 54.1 Å². The minimum atomic E-state index is -1.42. The van der Waals surface area contributed by atoms with Gasteiger partial charge in [0.05, 0.1) is 41.8 Å². The predicted octanol–water partition coefficient (Wildman–Crippen LogP) is 6.23. The van der Waals surface area contributed by atoms with Gasteiger partial charge in [0.15, 0.2) is 17.2 Å². The van der Waals surface area contributed by atoms with Gasteiger partial charge < -0.3 is 24.1 Å². The number of fused-ring (bicyclic) bond motifs is 6. The lowest BCUT2D eigenvalue weighted by atomic mass is 9.82. The molecule has 12 nitrogen and oxygen atoms in total. The highest BCUT2D eigenvalue weighted by molar-refractivity contribution is 6.31. The number of benzene rings is 2. The molecule has 6 rings (SSSR count). The molecular formula is C31H31ClFN5O7. The maximum Gasteiger partial charge on any atom is 0.412 e. The van der Waals surface area contributed by atoms with Gasteiger partial charge in [0.25, 0.3) is 0 Å². The number of amides is 4. The summed E-state index contributed by atoms with van der Waals surface area (Å²) in [6.07, 6.45) is 2.14. The van der Waals surface area contributed by atoms with E-state index in [9.17, 15) is 19.2 Å². The molecule has 4 heterocycles. The molecule has 1 unspecified atom stereocenters. The smallest absolute Gasteiger partial charge is 0.412 e. The first-order chi connectivity index (χ1) is 21.6. The number of halogens is 2. The van der Waals surface area contributed by atoms with Crippen LogP contribution in [0.4, 0.5) is 31.0 Å². The molecule has 3 N–H and O–H groups in total. The van der Waals surface area contributed by atoms with Crippen molar-refractivity contribution in [1.29, 1.82) is 0 Å². The topological polar surface area (TPSA) is 152 Å². The highest BCUT2D eigenvalue weighted by Gasteiger charge is 2.49. The Kier molecular flexibility index (Phi) is 8.12. The fraction of sp³-hybridized carbons (Fsp3) is 0.387. The molecule has 3 atom stereocenters. The SMILES string of the molecule is COC(=O)Nc1ccc2c(c1)NC(=O)[C@H](C)CCCC(C(=O)N1CCC[C@@]3(C1)OC(=O)Nc1ccc(Cl)c(F)c13)c1ncc-2o1.